The van der Waals surface area contributed by atoms with Crippen LogP contribution in [0.25, 0.3) is 0 Å². The number of hydrogen-bond acceptors (Lipinski definition) is 3. The van der Waals surface area contributed by atoms with Crippen molar-refractivity contribution in [3.63, 3.8) is 0 Å². The number of amidine groups is 1. The van der Waals surface area contributed by atoms with E-state index in [0.717, 1.165) is 24.7 Å². The molecule has 1 aliphatic heterocycles. The van der Waals surface area contributed by atoms with Crippen molar-refractivity contribution in [2.75, 3.05) is 12.3 Å². The van der Waals surface area contributed by atoms with Crippen molar-refractivity contribution >= 4 is 22.8 Å². The summed E-state index contributed by atoms with van der Waals surface area (Å²) in [6.07, 6.45) is 1.06. The predicted molar refractivity (Wildman–Crippen MR) is 72.0 cm³/mol. The summed E-state index contributed by atoms with van der Waals surface area (Å²) in [6, 6.07) is 10.3. The lowest BCUT2D eigenvalue weighted by molar-refractivity contribution is -0.115. The van der Waals surface area contributed by atoms with Crippen LogP contribution in [0.3, 0.4) is 0 Å². The first-order chi connectivity index (χ1) is 8.29. The first-order valence-corrected chi connectivity index (χ1v) is 6.81. The molecule has 0 spiro atoms. The summed E-state index contributed by atoms with van der Waals surface area (Å²) in [5.74, 6) is 0.476. The molecule has 0 saturated heterocycles. The average Bonchev–Trinajstić information content (AvgIpc) is 2.77. The van der Waals surface area contributed by atoms with Crippen molar-refractivity contribution in [3.8, 4) is 0 Å². The van der Waals surface area contributed by atoms with Crippen LogP contribution in [0.1, 0.15) is 18.9 Å². The molecule has 1 aromatic rings. The highest BCUT2D eigenvalue weighted by atomic mass is 32.2. The number of hydrogen-bond donors (Lipinski definition) is 0. The monoisotopic (exact) mass is 248 g/mol. The van der Waals surface area contributed by atoms with Crippen LogP contribution in [0.15, 0.2) is 35.3 Å². The summed E-state index contributed by atoms with van der Waals surface area (Å²) in [7, 11) is 0. The van der Waals surface area contributed by atoms with Crippen LogP contribution in [-0.4, -0.2) is 28.3 Å². The first kappa shape index (κ1) is 12.2. The molecule has 1 aromatic carbocycles. The molecule has 0 unspecified atom stereocenters. The molecule has 0 fully saturated rings. The van der Waals surface area contributed by atoms with Gasteiger partial charge in [0.2, 0.25) is 0 Å². The van der Waals surface area contributed by atoms with Crippen LogP contribution in [0, 0.1) is 0 Å². The summed E-state index contributed by atoms with van der Waals surface area (Å²) in [5.41, 5.74) is 1.25. The maximum atomic E-state index is 11.2. The molecule has 0 radical (unpaired) electrons. The predicted octanol–water partition coefficient (Wildman–Crippen LogP) is 2.53. The van der Waals surface area contributed by atoms with Crippen LogP contribution in [0.4, 0.5) is 0 Å². The molecule has 1 amide bonds. The lowest BCUT2D eigenvalue weighted by Crippen LogP contribution is -2.28. The van der Waals surface area contributed by atoms with Gasteiger partial charge in [0.05, 0.1) is 5.75 Å². The minimum Gasteiger partial charge on any atom is -0.347 e. The number of aliphatic imine (C=N–C) groups is 1. The Kier molecular flexibility index (Phi) is 4.20. The van der Waals surface area contributed by atoms with Crippen molar-refractivity contribution in [1.29, 1.82) is 0 Å². The molecule has 1 heterocycles. The van der Waals surface area contributed by atoms with Gasteiger partial charge in [-0.2, -0.15) is 4.99 Å². The summed E-state index contributed by atoms with van der Waals surface area (Å²) in [4.78, 5) is 17.4. The molecular formula is C13H16N2OS. The molecule has 0 aromatic heterocycles. The highest BCUT2D eigenvalue weighted by molar-refractivity contribution is 8.14. The Morgan fingerprint density at radius 1 is 1.35 bits per heavy atom. The molecule has 0 bridgehead atoms. The number of rotatable bonds is 4. The van der Waals surface area contributed by atoms with E-state index in [0.29, 0.717) is 5.75 Å². The minimum absolute atomic E-state index is 0.0147. The van der Waals surface area contributed by atoms with Crippen LogP contribution in [0.5, 0.6) is 0 Å². The fraction of sp³-hybridized carbons (Fsp3) is 0.385. The molecule has 0 saturated carbocycles. The van der Waals surface area contributed by atoms with E-state index < -0.39 is 0 Å². The zero-order valence-electron chi connectivity index (χ0n) is 9.93. The Hall–Kier alpha value is -1.29. The summed E-state index contributed by atoms with van der Waals surface area (Å²) >= 11 is 1.54. The quantitative estimate of drug-likeness (QED) is 0.821. The van der Waals surface area contributed by atoms with Crippen LogP contribution >= 0.6 is 11.8 Å². The lowest BCUT2D eigenvalue weighted by Gasteiger charge is -2.22. The second-order valence-corrected chi connectivity index (χ2v) is 4.93. The molecule has 90 valence electrons. The van der Waals surface area contributed by atoms with E-state index in [1.165, 1.54) is 5.56 Å². The average molecular weight is 248 g/mol. The van der Waals surface area contributed by atoms with E-state index in [9.17, 15) is 4.79 Å². The molecule has 4 heteroatoms. The van der Waals surface area contributed by atoms with Crippen molar-refractivity contribution in [1.82, 2.24) is 4.90 Å². The largest absolute Gasteiger partial charge is 0.347 e. The zero-order valence-corrected chi connectivity index (χ0v) is 10.7. The maximum absolute atomic E-state index is 11.2. The van der Waals surface area contributed by atoms with Gasteiger partial charge in [-0.15, -0.1) is 0 Å². The Labute approximate surface area is 106 Å². The minimum atomic E-state index is -0.0147. The van der Waals surface area contributed by atoms with Gasteiger partial charge in [0.1, 0.15) is 0 Å². The van der Waals surface area contributed by atoms with Crippen molar-refractivity contribution in [2.45, 2.75) is 19.9 Å². The van der Waals surface area contributed by atoms with Crippen LogP contribution in [-0.2, 0) is 11.3 Å². The molecule has 0 aliphatic carbocycles. The number of carbonyl (C=O) groups excluding carboxylic acids is 1. The molecule has 2 rings (SSSR count). The number of benzene rings is 1. The van der Waals surface area contributed by atoms with E-state index in [4.69, 9.17) is 0 Å². The van der Waals surface area contributed by atoms with E-state index in [1.54, 1.807) is 11.8 Å². The second-order valence-electron chi connectivity index (χ2n) is 3.98. The number of nitrogens with zero attached hydrogens (tertiary/aromatic N) is 2. The second kappa shape index (κ2) is 5.87. The standard InChI is InChI=1S/C13H16N2OS/c1-2-8-15(13-14-12(16)10-17-13)9-11-6-4-3-5-7-11/h3-7H,2,8-10H2,1H3. The Morgan fingerprint density at radius 3 is 2.71 bits per heavy atom. The normalized spacial score (nSPS) is 14.9. The van der Waals surface area contributed by atoms with Gasteiger partial charge in [0.25, 0.3) is 5.91 Å². The van der Waals surface area contributed by atoms with Crippen molar-refractivity contribution in [2.24, 2.45) is 4.99 Å². The molecule has 1 aliphatic rings. The highest BCUT2D eigenvalue weighted by Gasteiger charge is 2.20. The summed E-state index contributed by atoms with van der Waals surface area (Å²) in [6.45, 7) is 3.90. The Balaban J connectivity index is 2.08. The van der Waals surface area contributed by atoms with E-state index in [1.807, 2.05) is 18.2 Å². The Bertz CT molecular complexity index is 417. The third kappa shape index (κ3) is 3.33. The van der Waals surface area contributed by atoms with Crippen molar-refractivity contribution < 1.29 is 4.79 Å². The van der Waals surface area contributed by atoms with Gasteiger partial charge in [-0.05, 0) is 12.0 Å². The van der Waals surface area contributed by atoms with E-state index >= 15 is 0 Å². The maximum Gasteiger partial charge on any atom is 0.258 e. The fourth-order valence-electron chi connectivity index (χ4n) is 1.78. The van der Waals surface area contributed by atoms with Gasteiger partial charge in [-0.25, -0.2) is 0 Å². The fourth-order valence-corrected chi connectivity index (χ4v) is 2.60. The smallest absolute Gasteiger partial charge is 0.258 e. The van der Waals surface area contributed by atoms with Gasteiger partial charge in [-0.3, -0.25) is 4.79 Å². The molecule has 0 atom stereocenters. The number of amides is 1. The SMILES string of the molecule is CCCN(Cc1ccccc1)C1=NC(=O)CS1. The van der Waals surface area contributed by atoms with E-state index in [-0.39, 0.29) is 5.91 Å². The van der Waals surface area contributed by atoms with Gasteiger partial charge in [-0.1, -0.05) is 49.0 Å². The zero-order chi connectivity index (χ0) is 12.1. The van der Waals surface area contributed by atoms with Crippen molar-refractivity contribution in [3.05, 3.63) is 35.9 Å². The summed E-state index contributed by atoms with van der Waals surface area (Å²) in [5, 5.41) is 0.876. The topological polar surface area (TPSA) is 32.7 Å². The van der Waals surface area contributed by atoms with Crippen LogP contribution < -0.4 is 0 Å². The molecule has 17 heavy (non-hydrogen) atoms. The first-order valence-electron chi connectivity index (χ1n) is 5.83. The molecule has 3 nitrogen and oxygen atoms in total. The molecule has 0 N–H and O–H groups in total. The van der Waals surface area contributed by atoms with Gasteiger partial charge < -0.3 is 4.90 Å². The Morgan fingerprint density at radius 2 is 2.12 bits per heavy atom. The lowest BCUT2D eigenvalue weighted by atomic mass is 10.2. The highest BCUT2D eigenvalue weighted by Crippen LogP contribution is 2.19. The van der Waals surface area contributed by atoms with Gasteiger partial charge in [0.15, 0.2) is 5.17 Å². The third-order valence-electron chi connectivity index (χ3n) is 2.53. The number of thioether (sulfide) groups is 1. The molecular weight excluding hydrogens is 232 g/mol. The third-order valence-corrected chi connectivity index (χ3v) is 3.52. The van der Waals surface area contributed by atoms with Gasteiger partial charge >= 0.3 is 0 Å². The van der Waals surface area contributed by atoms with Gasteiger partial charge in [0, 0.05) is 13.1 Å². The number of carbonyl (C=O) groups is 1. The van der Waals surface area contributed by atoms with Crippen LogP contribution in [0.2, 0.25) is 0 Å². The van der Waals surface area contributed by atoms with E-state index in [2.05, 4.69) is 28.9 Å². The summed E-state index contributed by atoms with van der Waals surface area (Å²) < 4.78 is 0.